The molecule has 1 aliphatic rings. The van der Waals surface area contributed by atoms with Crippen LogP contribution in [0.4, 0.5) is 26.3 Å². The highest BCUT2D eigenvalue weighted by molar-refractivity contribution is 7.96. The molecule has 5 aromatic carbocycles. The lowest BCUT2D eigenvalue weighted by atomic mass is 10.1. The van der Waals surface area contributed by atoms with Crippen LogP contribution in [0.2, 0.25) is 0 Å². The van der Waals surface area contributed by atoms with Gasteiger partial charge >= 0.3 is 12.7 Å². The van der Waals surface area contributed by atoms with E-state index in [0.29, 0.717) is 24.3 Å². The Hall–Kier alpha value is -5.25. The van der Waals surface area contributed by atoms with Crippen LogP contribution in [0.5, 0.6) is 11.5 Å². The minimum atomic E-state index is -4.78. The lowest BCUT2D eigenvalue weighted by Gasteiger charge is -2.27. The maximum atomic E-state index is 13.5. The molecule has 0 unspecified atom stereocenters. The number of halogens is 6. The number of ether oxygens (including phenoxy) is 3. The summed E-state index contributed by atoms with van der Waals surface area (Å²) in [7, 11) is -2.38. The van der Waals surface area contributed by atoms with Crippen molar-refractivity contribution in [1.82, 2.24) is 0 Å². The predicted molar refractivity (Wildman–Crippen MR) is 184 cm³/mol. The van der Waals surface area contributed by atoms with Crippen molar-refractivity contribution >= 4 is 34.7 Å². The van der Waals surface area contributed by atoms with E-state index in [1.54, 1.807) is 0 Å². The minimum absolute atomic E-state index is 0.140. The zero-order valence-electron chi connectivity index (χ0n) is 26.7. The number of carbonyl (C=O) groups excluding carboxylic acids is 2. The third kappa shape index (κ3) is 10.2. The third-order valence-electron chi connectivity index (χ3n) is 7.66. The quantitative estimate of drug-likeness (QED) is 0.0627. The lowest BCUT2D eigenvalue weighted by molar-refractivity contribution is -0.275. The molecule has 0 aromatic heterocycles. The predicted octanol–water partition coefficient (Wildman–Crippen LogP) is 8.49. The number of rotatable bonds is 10. The van der Waals surface area contributed by atoms with Crippen LogP contribution in [-0.4, -0.2) is 43.7 Å². The summed E-state index contributed by atoms with van der Waals surface area (Å²) in [6.45, 7) is 0.863. The average molecular weight is 724 g/mol. The van der Waals surface area contributed by atoms with E-state index in [9.17, 15) is 35.9 Å². The largest absolute Gasteiger partial charge is 0.573 e. The smallest absolute Gasteiger partial charge is 0.406 e. The molecule has 1 fully saturated rings. The van der Waals surface area contributed by atoms with Crippen LogP contribution in [0, 0.1) is 0 Å². The highest BCUT2D eigenvalue weighted by Crippen LogP contribution is 2.55. The molecule has 0 radical (unpaired) electrons. The summed E-state index contributed by atoms with van der Waals surface area (Å²) in [6, 6.07) is 39.8. The van der Waals surface area contributed by atoms with Crippen molar-refractivity contribution in [3.63, 3.8) is 0 Å². The summed E-state index contributed by atoms with van der Waals surface area (Å²) >= 11 is 0. The number of alkyl halides is 6. The SMILES string of the molecule is O=C(C=C1COC1)c1ccc(OC(F)(F)F)cc1.O=C(C[P+](c1ccccc1)(c1ccccc1)c1ccccc1)c1ccc(OC(F)(F)F)cc1. The van der Waals surface area contributed by atoms with Gasteiger partial charge in [-0.05, 0) is 96.6 Å². The summed E-state index contributed by atoms with van der Waals surface area (Å²) in [5.74, 6) is -1.10. The molecule has 0 saturated carbocycles. The fraction of sp³-hybridized carbons (Fsp3) is 0.128. The summed E-state index contributed by atoms with van der Waals surface area (Å²) in [5, 5.41) is 3.19. The molecule has 51 heavy (non-hydrogen) atoms. The number of carbonyl (C=O) groups is 2. The highest BCUT2D eigenvalue weighted by atomic mass is 31.2. The molecule has 1 heterocycles. The number of allylic oxidation sites excluding steroid dienone is 1. The first kappa shape index (κ1) is 37.0. The average Bonchev–Trinajstić information content (AvgIpc) is 3.09. The molecule has 0 amide bonds. The van der Waals surface area contributed by atoms with Gasteiger partial charge in [-0.25, -0.2) is 0 Å². The highest BCUT2D eigenvalue weighted by Gasteiger charge is 2.47. The topological polar surface area (TPSA) is 61.8 Å². The Labute approximate surface area is 290 Å². The number of ketones is 2. The monoisotopic (exact) mass is 723 g/mol. The molecule has 0 aliphatic carbocycles. The van der Waals surface area contributed by atoms with Crippen LogP contribution in [0.25, 0.3) is 0 Å². The van der Waals surface area contributed by atoms with E-state index in [1.807, 2.05) is 91.0 Å². The van der Waals surface area contributed by atoms with Gasteiger partial charge in [0, 0.05) is 11.1 Å². The van der Waals surface area contributed by atoms with E-state index in [1.165, 1.54) is 42.5 Å². The zero-order valence-corrected chi connectivity index (χ0v) is 27.6. The summed E-state index contributed by atoms with van der Waals surface area (Å²) < 4.78 is 85.8. The number of Topliss-reactive ketones (excluding diaryl/α,β-unsaturated/α-hetero) is 1. The van der Waals surface area contributed by atoms with Crippen LogP contribution < -0.4 is 25.4 Å². The zero-order chi connectivity index (χ0) is 36.5. The van der Waals surface area contributed by atoms with Gasteiger partial charge in [-0.15, -0.1) is 26.3 Å². The molecule has 5 nitrogen and oxygen atoms in total. The van der Waals surface area contributed by atoms with Crippen molar-refractivity contribution in [3.8, 4) is 11.5 Å². The fourth-order valence-corrected chi connectivity index (χ4v) is 9.41. The van der Waals surface area contributed by atoms with Crippen LogP contribution in [0.15, 0.2) is 151 Å². The van der Waals surface area contributed by atoms with Crippen molar-refractivity contribution in [2.24, 2.45) is 0 Å². The van der Waals surface area contributed by atoms with Gasteiger partial charge in [-0.3, -0.25) is 9.59 Å². The van der Waals surface area contributed by atoms with E-state index >= 15 is 0 Å². The van der Waals surface area contributed by atoms with Crippen molar-refractivity contribution in [1.29, 1.82) is 0 Å². The van der Waals surface area contributed by atoms with Crippen molar-refractivity contribution < 1.29 is 50.1 Å². The lowest BCUT2D eigenvalue weighted by Crippen LogP contribution is -2.35. The van der Waals surface area contributed by atoms with Gasteiger partial charge in [-0.1, -0.05) is 54.6 Å². The molecule has 262 valence electrons. The molecule has 6 rings (SSSR count). The first-order valence-corrected chi connectivity index (χ1v) is 17.4. The van der Waals surface area contributed by atoms with Crippen LogP contribution >= 0.6 is 7.26 Å². The van der Waals surface area contributed by atoms with Crippen LogP contribution in [0.1, 0.15) is 20.7 Å². The summed E-state index contributed by atoms with van der Waals surface area (Å²) in [5.41, 5.74) is 1.52. The Morgan fingerprint density at radius 1 is 0.569 bits per heavy atom. The maximum absolute atomic E-state index is 13.5. The molecular formula is C39H30F6O5P+. The Kier molecular flexibility index (Phi) is 11.7. The molecular weight excluding hydrogens is 693 g/mol. The van der Waals surface area contributed by atoms with E-state index in [-0.39, 0.29) is 29.2 Å². The van der Waals surface area contributed by atoms with Crippen LogP contribution in [0.3, 0.4) is 0 Å². The first-order chi connectivity index (χ1) is 24.3. The summed E-state index contributed by atoms with van der Waals surface area (Å²) in [6.07, 6.45) is -7.86. The maximum Gasteiger partial charge on any atom is 0.573 e. The van der Waals surface area contributed by atoms with Gasteiger partial charge in [0.1, 0.15) is 40.8 Å². The Morgan fingerprint density at radius 2 is 0.941 bits per heavy atom. The van der Waals surface area contributed by atoms with E-state index < -0.39 is 20.0 Å². The van der Waals surface area contributed by atoms with Gasteiger partial charge in [0.05, 0.1) is 13.2 Å². The Bertz CT molecular complexity index is 1830. The number of hydrogen-bond acceptors (Lipinski definition) is 5. The second kappa shape index (κ2) is 16.2. The van der Waals surface area contributed by atoms with Gasteiger partial charge in [0.2, 0.25) is 5.78 Å². The van der Waals surface area contributed by atoms with Crippen LogP contribution in [-0.2, 0) is 4.74 Å². The normalized spacial score (nSPS) is 12.9. The molecule has 1 saturated heterocycles. The van der Waals surface area contributed by atoms with Crippen molar-refractivity contribution in [2.75, 3.05) is 19.4 Å². The molecule has 1 aliphatic heterocycles. The molecule has 0 spiro atoms. The molecule has 12 heteroatoms. The molecule has 0 N–H and O–H groups in total. The van der Waals surface area contributed by atoms with Crippen molar-refractivity contribution in [3.05, 3.63) is 162 Å². The Morgan fingerprint density at radius 3 is 1.27 bits per heavy atom. The number of benzene rings is 5. The molecule has 5 aromatic rings. The standard InChI is InChI=1S/C27H21F3O2P.C12H9F3O3/c28-27(29,30)32-22-18-16-21(17-19-22)26(31)20-33(23-10-4-1-5-11-23,24-12-6-2-7-13-24)25-14-8-3-9-15-25;13-12(14,15)18-10-3-1-9(2-4-10)11(16)5-8-6-17-7-8/h1-19H,20H2;1-5H,6-7H2/q+1;. The van der Waals surface area contributed by atoms with Gasteiger partial charge in [-0.2, -0.15) is 0 Å². The van der Waals surface area contributed by atoms with E-state index in [2.05, 4.69) is 9.47 Å². The minimum Gasteiger partial charge on any atom is -0.406 e. The first-order valence-electron chi connectivity index (χ1n) is 15.4. The molecule has 0 bridgehead atoms. The van der Waals surface area contributed by atoms with Gasteiger partial charge < -0.3 is 14.2 Å². The molecule has 0 atom stereocenters. The van der Waals surface area contributed by atoms with Gasteiger partial charge in [0.25, 0.3) is 0 Å². The van der Waals surface area contributed by atoms with E-state index in [0.717, 1.165) is 33.6 Å². The third-order valence-corrected chi connectivity index (χ3v) is 12.0. The summed E-state index contributed by atoms with van der Waals surface area (Å²) in [4.78, 5) is 25.2. The van der Waals surface area contributed by atoms with Crippen molar-refractivity contribution in [2.45, 2.75) is 12.7 Å². The van der Waals surface area contributed by atoms with Gasteiger partial charge in [0.15, 0.2) is 5.78 Å². The fourth-order valence-electron chi connectivity index (χ4n) is 5.31. The second-order valence-corrected chi connectivity index (χ2v) is 14.7. The second-order valence-electron chi connectivity index (χ2n) is 11.2. The number of hydrogen-bond donors (Lipinski definition) is 0. The van der Waals surface area contributed by atoms with E-state index in [4.69, 9.17) is 4.74 Å². The Balaban J connectivity index is 0.000000236.